The number of hydrogen-bond donors (Lipinski definition) is 4. The van der Waals surface area contributed by atoms with E-state index in [1.807, 2.05) is 0 Å². The van der Waals surface area contributed by atoms with Crippen LogP contribution in [0.5, 0.6) is 0 Å². The normalized spacial score (nSPS) is 27.8. The maximum atomic E-state index is 11.2. The van der Waals surface area contributed by atoms with E-state index in [1.54, 1.807) is 0 Å². The van der Waals surface area contributed by atoms with E-state index in [0.29, 0.717) is 0 Å². The van der Waals surface area contributed by atoms with Crippen molar-refractivity contribution in [3.05, 3.63) is 0 Å². The molecule has 0 heterocycles. The third-order valence-corrected chi connectivity index (χ3v) is 9.92. The van der Waals surface area contributed by atoms with E-state index < -0.39 is 132 Å². The second-order valence-corrected chi connectivity index (χ2v) is 12.9. The van der Waals surface area contributed by atoms with Gasteiger partial charge in [-0.1, -0.05) is 12.8 Å². The van der Waals surface area contributed by atoms with Crippen LogP contribution in [0.2, 0.25) is 0 Å². The topological polar surface area (TPSA) is 425 Å². The molecule has 0 aromatic rings. The van der Waals surface area contributed by atoms with Crippen molar-refractivity contribution >= 4 is 47.8 Å². The summed E-state index contributed by atoms with van der Waals surface area (Å²) in [6.07, 6.45) is -7.37. The van der Waals surface area contributed by atoms with E-state index in [2.05, 4.69) is 0 Å². The van der Waals surface area contributed by atoms with E-state index in [0.717, 1.165) is 0 Å². The molecule has 2 unspecified atom stereocenters. The van der Waals surface area contributed by atoms with Crippen molar-refractivity contribution in [2.75, 3.05) is 0 Å². The van der Waals surface area contributed by atoms with Gasteiger partial charge in [0, 0.05) is 106 Å². The first-order valence-corrected chi connectivity index (χ1v) is 14.5. The van der Waals surface area contributed by atoms with Gasteiger partial charge in [0.15, 0.2) is 0 Å². The minimum absolute atomic E-state index is 0. The first-order valence-electron chi connectivity index (χ1n) is 14.5. The van der Waals surface area contributed by atoms with E-state index >= 15 is 0 Å². The van der Waals surface area contributed by atoms with Crippen molar-refractivity contribution in [2.45, 2.75) is 112 Å². The van der Waals surface area contributed by atoms with E-state index in [1.165, 1.54) is 0 Å². The van der Waals surface area contributed by atoms with Gasteiger partial charge >= 0.3 is 42.1 Å². The molecule has 284 valence electrons. The van der Waals surface area contributed by atoms with Gasteiger partial charge in [-0.05, 0) is 51.4 Å². The van der Waals surface area contributed by atoms with Crippen LogP contribution in [0.4, 0.5) is 0 Å². The van der Waals surface area contributed by atoms with Crippen LogP contribution in [-0.4, -0.2) is 69.9 Å². The molecule has 50 heavy (non-hydrogen) atoms. The Balaban J connectivity index is 0. The van der Waals surface area contributed by atoms with Crippen LogP contribution in [0.25, 0.3) is 0 Å². The van der Waals surface area contributed by atoms with Crippen molar-refractivity contribution in [3.63, 3.8) is 0 Å². The predicted molar refractivity (Wildman–Crippen MR) is 137 cm³/mol. The molecule has 0 aromatic heterocycles. The molecule has 4 atom stereocenters. The van der Waals surface area contributed by atoms with E-state index in [4.69, 9.17) is 22.9 Å². The largest absolute Gasteiger partial charge is 4.00 e. The van der Waals surface area contributed by atoms with Crippen molar-refractivity contribution in [1.29, 1.82) is 0 Å². The van der Waals surface area contributed by atoms with Gasteiger partial charge in [-0.2, -0.15) is 0 Å². The van der Waals surface area contributed by atoms with Gasteiger partial charge in [0.2, 0.25) is 0 Å². The molecule has 0 saturated heterocycles. The Morgan fingerprint density at radius 1 is 0.360 bits per heavy atom. The molecular weight excluding hydrogens is 1040 g/mol. The Bertz CT molecular complexity index is 1200. The Kier molecular flexibility index (Phi) is 18.1. The number of aliphatic carboxylic acids is 8. The Labute approximate surface area is 313 Å². The summed E-state index contributed by atoms with van der Waals surface area (Å²) in [5, 5.41) is 89.0. The number of hydrogen-bond acceptors (Lipinski definition) is 20. The summed E-state index contributed by atoms with van der Waals surface area (Å²) in [6, 6.07) is 0. The van der Waals surface area contributed by atoms with Crippen LogP contribution in [-0.2, 0) is 80.5 Å². The summed E-state index contributed by atoms with van der Waals surface area (Å²) in [4.78, 5) is 89.0. The minimum Gasteiger partial charge on any atom is -0.550 e. The number of carbonyl (C=O) groups excluding carboxylic acids is 8. The van der Waals surface area contributed by atoms with Crippen molar-refractivity contribution in [2.24, 2.45) is 33.8 Å². The van der Waals surface area contributed by atoms with Crippen LogP contribution in [0, 0.1) is 10.8 Å². The third kappa shape index (κ3) is 11.0. The molecule has 22 heteroatoms. The summed E-state index contributed by atoms with van der Waals surface area (Å²) in [6.45, 7) is 0. The van der Waals surface area contributed by atoms with Crippen molar-refractivity contribution in [3.8, 4) is 0 Å². The zero-order valence-corrected chi connectivity index (χ0v) is 30.9. The second-order valence-electron chi connectivity index (χ2n) is 12.9. The first-order chi connectivity index (χ1) is 21.7. The molecule has 2 aliphatic rings. The zero-order chi connectivity index (χ0) is 37.5. The van der Waals surface area contributed by atoms with Gasteiger partial charge in [0.1, 0.15) is 0 Å². The standard InChI is InChI=1S/2C14H22N2O8.2Pt/c2*15-13(6-10(21)22)3-1-2-12(4-8(17)18,5-9(19)20)14(13,16)7-11(23)24;;/h2*1-7,15-16H2,(H,17,18)(H,19,20)(H,21,22)(H,23,24);;/q;;2*+4/p-8/t13-,14+;;;/m0.../s1. The number of rotatable bonds is 16. The first kappa shape index (κ1) is 49.1. The summed E-state index contributed by atoms with van der Waals surface area (Å²) >= 11 is 0. The molecule has 0 spiro atoms. The fourth-order valence-electron chi connectivity index (χ4n) is 7.84. The van der Waals surface area contributed by atoms with Crippen LogP contribution < -0.4 is 63.8 Å². The summed E-state index contributed by atoms with van der Waals surface area (Å²) in [5.41, 5.74) is 12.5. The van der Waals surface area contributed by atoms with Gasteiger partial charge in [-0.15, -0.1) is 0 Å². The molecule has 20 nitrogen and oxygen atoms in total. The maximum Gasteiger partial charge on any atom is 4.00 e. The second kappa shape index (κ2) is 18.5. The van der Waals surface area contributed by atoms with Gasteiger partial charge < -0.3 is 102 Å². The number of carbonyl (C=O) groups is 8. The van der Waals surface area contributed by atoms with Gasteiger partial charge in [-0.3, -0.25) is 0 Å². The molecule has 8 N–H and O–H groups in total. The Hall–Kier alpha value is -3.02. The SMILES string of the molecule is NC1(CC(=O)[O-])CCCC(CC(=O)[O-])(CC(=O)[O-])C1(N)CC(=O)[O-].N[C@]1(CC(=O)[O-])CCCC(CC(=O)[O-])(CC(=O)[O-])[C@]1(N)CC(=O)[O-].[Pt+4].[Pt+4]. The van der Waals surface area contributed by atoms with Crippen LogP contribution in [0.3, 0.4) is 0 Å². The van der Waals surface area contributed by atoms with Crippen molar-refractivity contribution < 1.29 is 121 Å². The van der Waals surface area contributed by atoms with Gasteiger partial charge in [-0.25, -0.2) is 0 Å². The molecule has 2 saturated carbocycles. The van der Waals surface area contributed by atoms with Crippen LogP contribution in [0.1, 0.15) is 89.9 Å². The monoisotopic (exact) mass is 1070 g/mol. The van der Waals surface area contributed by atoms with Crippen LogP contribution >= 0.6 is 0 Å². The van der Waals surface area contributed by atoms with Gasteiger partial charge in [0.25, 0.3) is 0 Å². The van der Waals surface area contributed by atoms with Gasteiger partial charge in [0.05, 0.1) is 0 Å². The number of carboxylic acid groups (broad SMARTS) is 8. The van der Waals surface area contributed by atoms with E-state index in [-0.39, 0.29) is 80.7 Å². The molecule has 2 rings (SSSR count). The molecule has 2 aliphatic carbocycles. The molecular formula is C28H36N4O16Pt2. The molecule has 0 amide bonds. The molecule has 0 aromatic carbocycles. The smallest absolute Gasteiger partial charge is 0.550 e. The minimum atomic E-state index is -2.18. The average Bonchev–Trinajstić information content (AvgIpc) is 2.83. The molecule has 0 aliphatic heterocycles. The van der Waals surface area contributed by atoms with Crippen molar-refractivity contribution in [1.82, 2.24) is 0 Å². The molecule has 0 radical (unpaired) electrons. The Morgan fingerprint density at radius 3 is 0.740 bits per heavy atom. The van der Waals surface area contributed by atoms with Crippen LogP contribution in [0.15, 0.2) is 0 Å². The third-order valence-electron chi connectivity index (χ3n) is 9.92. The molecule has 2 fully saturated rings. The molecule has 0 bridgehead atoms. The quantitative estimate of drug-likeness (QED) is 0.111. The predicted octanol–water partition coefficient (Wildman–Crippen LogP) is -11.8. The number of nitrogens with two attached hydrogens (primary N) is 4. The maximum absolute atomic E-state index is 11.2. The summed E-state index contributed by atoms with van der Waals surface area (Å²) in [7, 11) is 0. The number of carboxylic acids is 8. The fraction of sp³-hybridized carbons (Fsp3) is 0.714. The zero-order valence-electron chi connectivity index (χ0n) is 26.4. The summed E-state index contributed by atoms with van der Waals surface area (Å²) in [5.74, 6) is -13.3. The van der Waals surface area contributed by atoms with E-state index in [9.17, 15) is 79.2 Å². The fourth-order valence-corrected chi connectivity index (χ4v) is 7.84. The Morgan fingerprint density at radius 2 is 0.560 bits per heavy atom. The average molecular weight is 1070 g/mol. The summed E-state index contributed by atoms with van der Waals surface area (Å²) < 4.78 is 0.